The smallest absolute Gasteiger partial charge is 0.337 e. The van der Waals surface area contributed by atoms with Crippen molar-refractivity contribution in [1.29, 1.82) is 0 Å². The molecule has 0 spiro atoms. The molecule has 98 valence electrons. The Kier molecular flexibility index (Phi) is 4.26. The molecule has 0 amide bonds. The summed E-state index contributed by atoms with van der Waals surface area (Å²) in [6, 6.07) is 13.5. The van der Waals surface area contributed by atoms with Crippen LogP contribution in [0.3, 0.4) is 0 Å². The first kappa shape index (κ1) is 13.2. The van der Waals surface area contributed by atoms with E-state index in [9.17, 15) is 4.79 Å². The summed E-state index contributed by atoms with van der Waals surface area (Å²) >= 11 is 0. The monoisotopic (exact) mass is 256 g/mol. The number of carbonyl (C=O) groups is 1. The second kappa shape index (κ2) is 6.11. The highest BCUT2D eigenvalue weighted by Crippen LogP contribution is 2.07. The lowest BCUT2D eigenvalue weighted by Gasteiger charge is -2.16. The minimum atomic E-state index is -0.948. The Morgan fingerprint density at radius 3 is 2.47 bits per heavy atom. The highest BCUT2D eigenvalue weighted by atomic mass is 16.4. The third-order valence-corrected chi connectivity index (χ3v) is 2.80. The fourth-order valence-electron chi connectivity index (χ4n) is 1.87. The molecule has 4 nitrogen and oxygen atoms in total. The van der Waals surface area contributed by atoms with Crippen molar-refractivity contribution in [2.75, 3.05) is 7.05 Å². The van der Waals surface area contributed by atoms with E-state index >= 15 is 0 Å². The van der Waals surface area contributed by atoms with E-state index in [4.69, 9.17) is 5.11 Å². The van der Waals surface area contributed by atoms with Crippen LogP contribution in [0.15, 0.2) is 48.7 Å². The van der Waals surface area contributed by atoms with Crippen molar-refractivity contribution in [2.45, 2.75) is 13.1 Å². The van der Waals surface area contributed by atoms with Gasteiger partial charge in [0.2, 0.25) is 0 Å². The van der Waals surface area contributed by atoms with E-state index in [2.05, 4.69) is 22.0 Å². The topological polar surface area (TPSA) is 53.4 Å². The van der Waals surface area contributed by atoms with Crippen molar-refractivity contribution in [3.8, 4) is 0 Å². The molecule has 1 heterocycles. The molecule has 2 aromatic rings. The molecule has 0 aliphatic carbocycles. The number of hydrogen-bond acceptors (Lipinski definition) is 3. The normalized spacial score (nSPS) is 10.6. The number of aromatic nitrogens is 1. The predicted octanol–water partition coefficient (Wildman–Crippen LogP) is 2.41. The number of benzene rings is 1. The van der Waals surface area contributed by atoms with Gasteiger partial charge in [-0.05, 0) is 24.7 Å². The van der Waals surface area contributed by atoms with E-state index in [1.54, 1.807) is 12.1 Å². The van der Waals surface area contributed by atoms with Crippen LogP contribution < -0.4 is 0 Å². The van der Waals surface area contributed by atoms with E-state index in [0.717, 1.165) is 12.2 Å². The van der Waals surface area contributed by atoms with Gasteiger partial charge in [0.15, 0.2) is 0 Å². The Bertz CT molecular complexity index is 538. The number of aromatic carboxylic acids is 1. The molecular formula is C15H16N2O2. The van der Waals surface area contributed by atoms with Crippen molar-refractivity contribution in [1.82, 2.24) is 9.88 Å². The van der Waals surface area contributed by atoms with Crippen LogP contribution in [0.1, 0.15) is 21.6 Å². The van der Waals surface area contributed by atoms with Gasteiger partial charge in [-0.2, -0.15) is 0 Å². The average Bonchev–Trinajstić information content (AvgIpc) is 2.40. The van der Waals surface area contributed by atoms with Crippen LogP contribution in [-0.4, -0.2) is 28.0 Å². The van der Waals surface area contributed by atoms with Gasteiger partial charge in [-0.1, -0.05) is 30.3 Å². The minimum Gasteiger partial charge on any atom is -0.478 e. The van der Waals surface area contributed by atoms with Gasteiger partial charge in [0.25, 0.3) is 0 Å². The summed E-state index contributed by atoms with van der Waals surface area (Å²) in [5, 5.41) is 8.80. The quantitative estimate of drug-likeness (QED) is 0.892. The number of pyridine rings is 1. The predicted molar refractivity (Wildman–Crippen MR) is 72.8 cm³/mol. The molecule has 0 fully saturated rings. The largest absolute Gasteiger partial charge is 0.478 e. The summed E-state index contributed by atoms with van der Waals surface area (Å²) in [4.78, 5) is 17.0. The summed E-state index contributed by atoms with van der Waals surface area (Å²) in [5.74, 6) is -0.948. The first-order chi connectivity index (χ1) is 9.15. The lowest BCUT2D eigenvalue weighted by Crippen LogP contribution is -2.18. The molecule has 0 radical (unpaired) electrons. The van der Waals surface area contributed by atoms with Crippen molar-refractivity contribution >= 4 is 5.97 Å². The maximum absolute atomic E-state index is 10.7. The van der Waals surface area contributed by atoms with Crippen LogP contribution in [0.2, 0.25) is 0 Å². The molecule has 0 unspecified atom stereocenters. The lowest BCUT2D eigenvalue weighted by atomic mass is 10.2. The SMILES string of the molecule is CN(Cc1ccccc1)Cc1ccc(C(=O)O)cn1. The second-order valence-corrected chi connectivity index (χ2v) is 4.50. The Morgan fingerprint density at radius 2 is 1.89 bits per heavy atom. The Morgan fingerprint density at radius 1 is 1.16 bits per heavy atom. The van der Waals surface area contributed by atoms with Gasteiger partial charge in [-0.3, -0.25) is 9.88 Å². The fraction of sp³-hybridized carbons (Fsp3) is 0.200. The molecule has 1 aromatic heterocycles. The molecule has 1 aromatic carbocycles. The molecular weight excluding hydrogens is 240 g/mol. The molecule has 0 aliphatic heterocycles. The Balaban J connectivity index is 1.95. The van der Waals surface area contributed by atoms with Crippen molar-refractivity contribution in [3.63, 3.8) is 0 Å². The zero-order valence-corrected chi connectivity index (χ0v) is 10.8. The fourth-order valence-corrected chi connectivity index (χ4v) is 1.87. The van der Waals surface area contributed by atoms with Crippen LogP contribution in [-0.2, 0) is 13.1 Å². The van der Waals surface area contributed by atoms with Crippen LogP contribution >= 0.6 is 0 Å². The van der Waals surface area contributed by atoms with Gasteiger partial charge in [0.05, 0.1) is 11.3 Å². The zero-order valence-electron chi connectivity index (χ0n) is 10.8. The summed E-state index contributed by atoms with van der Waals surface area (Å²) in [6.07, 6.45) is 1.40. The molecule has 2 rings (SSSR count). The summed E-state index contributed by atoms with van der Waals surface area (Å²) < 4.78 is 0. The number of rotatable bonds is 5. The highest BCUT2D eigenvalue weighted by molar-refractivity contribution is 5.87. The van der Waals surface area contributed by atoms with Gasteiger partial charge in [-0.15, -0.1) is 0 Å². The van der Waals surface area contributed by atoms with Crippen LogP contribution in [0.4, 0.5) is 0 Å². The number of carboxylic acids is 1. The van der Waals surface area contributed by atoms with Crippen molar-refractivity contribution in [2.24, 2.45) is 0 Å². The molecule has 4 heteroatoms. The highest BCUT2D eigenvalue weighted by Gasteiger charge is 2.05. The molecule has 0 saturated carbocycles. The lowest BCUT2D eigenvalue weighted by molar-refractivity contribution is 0.0696. The third-order valence-electron chi connectivity index (χ3n) is 2.80. The number of carboxylic acid groups (broad SMARTS) is 1. The van der Waals surface area contributed by atoms with Gasteiger partial charge < -0.3 is 5.11 Å². The van der Waals surface area contributed by atoms with E-state index in [-0.39, 0.29) is 5.56 Å². The van der Waals surface area contributed by atoms with Crippen LogP contribution in [0, 0.1) is 0 Å². The maximum Gasteiger partial charge on any atom is 0.337 e. The van der Waals surface area contributed by atoms with Crippen LogP contribution in [0.25, 0.3) is 0 Å². The summed E-state index contributed by atoms with van der Waals surface area (Å²) in [5.41, 5.74) is 2.32. The molecule has 0 bridgehead atoms. The second-order valence-electron chi connectivity index (χ2n) is 4.50. The average molecular weight is 256 g/mol. The standard InChI is InChI=1S/C15H16N2O2/c1-17(10-12-5-3-2-4-6-12)11-14-8-7-13(9-16-14)15(18)19/h2-9H,10-11H2,1H3,(H,18,19). The molecule has 19 heavy (non-hydrogen) atoms. The summed E-state index contributed by atoms with van der Waals surface area (Å²) in [7, 11) is 2.01. The van der Waals surface area contributed by atoms with E-state index < -0.39 is 5.97 Å². The van der Waals surface area contributed by atoms with Gasteiger partial charge in [0.1, 0.15) is 0 Å². The van der Waals surface area contributed by atoms with Gasteiger partial charge in [-0.25, -0.2) is 4.79 Å². The van der Waals surface area contributed by atoms with Crippen molar-refractivity contribution in [3.05, 3.63) is 65.5 Å². The van der Waals surface area contributed by atoms with Crippen LogP contribution in [0.5, 0.6) is 0 Å². The summed E-state index contributed by atoms with van der Waals surface area (Å²) in [6.45, 7) is 1.53. The third kappa shape index (κ3) is 3.89. The molecule has 0 saturated heterocycles. The first-order valence-corrected chi connectivity index (χ1v) is 6.06. The minimum absolute atomic E-state index is 0.217. The molecule has 0 atom stereocenters. The Hall–Kier alpha value is -2.20. The molecule has 1 N–H and O–H groups in total. The Labute approximate surface area is 112 Å². The van der Waals surface area contributed by atoms with E-state index in [1.807, 2.05) is 25.2 Å². The first-order valence-electron chi connectivity index (χ1n) is 6.06. The van der Waals surface area contributed by atoms with Gasteiger partial charge in [0, 0.05) is 19.3 Å². The molecule has 0 aliphatic rings. The van der Waals surface area contributed by atoms with E-state index in [1.165, 1.54) is 11.8 Å². The number of hydrogen-bond donors (Lipinski definition) is 1. The zero-order chi connectivity index (χ0) is 13.7. The maximum atomic E-state index is 10.7. The van der Waals surface area contributed by atoms with Gasteiger partial charge >= 0.3 is 5.97 Å². The van der Waals surface area contributed by atoms with Crippen molar-refractivity contribution < 1.29 is 9.90 Å². The number of nitrogens with zero attached hydrogens (tertiary/aromatic N) is 2. The van der Waals surface area contributed by atoms with E-state index in [0.29, 0.717) is 6.54 Å².